The summed E-state index contributed by atoms with van der Waals surface area (Å²) in [4.78, 5) is 72.3. The molecular weight excluding hydrogens is 594 g/mol. The van der Waals surface area contributed by atoms with Crippen LogP contribution in [0.25, 0.3) is 0 Å². The summed E-state index contributed by atoms with van der Waals surface area (Å²) in [5, 5.41) is 32.3. The van der Waals surface area contributed by atoms with Gasteiger partial charge in [0.25, 0.3) is 5.91 Å². The average molecular weight is 640 g/mol. The van der Waals surface area contributed by atoms with E-state index in [0.717, 1.165) is 5.56 Å². The van der Waals surface area contributed by atoms with Gasteiger partial charge in [-0.3, -0.25) is 49.4 Å². The van der Waals surface area contributed by atoms with Gasteiger partial charge in [-0.25, -0.2) is 0 Å². The predicted molar refractivity (Wildman–Crippen MR) is 160 cm³/mol. The number of aliphatic carboxylic acids is 3. The Labute approximate surface area is 261 Å². The lowest BCUT2D eigenvalue weighted by atomic mass is 10.2. The number of carboxylic acid groups (broad SMARTS) is 3. The summed E-state index contributed by atoms with van der Waals surface area (Å²) >= 11 is 0. The van der Waals surface area contributed by atoms with E-state index in [4.69, 9.17) is 25.8 Å². The molecule has 1 aromatic carbocycles. The van der Waals surface area contributed by atoms with E-state index >= 15 is 0 Å². The van der Waals surface area contributed by atoms with Crippen molar-refractivity contribution >= 4 is 35.6 Å². The molecule has 1 aromatic rings. The molecule has 0 heterocycles. The van der Waals surface area contributed by atoms with E-state index in [9.17, 15) is 28.8 Å². The Kier molecular flexibility index (Phi) is 20.1. The minimum Gasteiger partial charge on any atom is -0.480 e. The van der Waals surface area contributed by atoms with E-state index in [1.807, 2.05) is 30.3 Å². The monoisotopic (exact) mass is 639 g/mol. The number of benzene rings is 1. The highest BCUT2D eigenvalue weighted by Gasteiger charge is 2.17. The number of nitrogens with one attached hydrogen (secondary N) is 4. The van der Waals surface area contributed by atoms with Crippen LogP contribution in [0.4, 0.5) is 0 Å². The fourth-order valence-electron chi connectivity index (χ4n) is 3.90. The number of hydrazine groups is 1. The van der Waals surface area contributed by atoms with Crippen LogP contribution in [-0.4, -0.2) is 132 Å². The molecule has 9 N–H and O–H groups in total. The van der Waals surface area contributed by atoms with Crippen molar-refractivity contribution < 1.29 is 48.8 Å². The molecule has 0 unspecified atom stereocenters. The summed E-state index contributed by atoms with van der Waals surface area (Å²) in [7, 11) is 0. The molecule has 0 bridgehead atoms. The summed E-state index contributed by atoms with van der Waals surface area (Å²) in [6.07, 6.45) is 1.86. The van der Waals surface area contributed by atoms with Crippen LogP contribution in [0.15, 0.2) is 30.3 Å². The first-order valence-electron chi connectivity index (χ1n) is 14.5. The van der Waals surface area contributed by atoms with Crippen LogP contribution in [0.5, 0.6) is 0 Å². The van der Waals surface area contributed by atoms with Gasteiger partial charge in [0.2, 0.25) is 11.8 Å². The first-order valence-corrected chi connectivity index (χ1v) is 14.5. The molecular formula is C28H45N7O10. The number of carbonyl (C=O) groups is 6. The van der Waals surface area contributed by atoms with Gasteiger partial charge in [-0.1, -0.05) is 36.8 Å². The first kappa shape index (κ1) is 38.9. The second-order valence-corrected chi connectivity index (χ2v) is 10.2. The Morgan fingerprint density at radius 3 is 2.07 bits per heavy atom. The fourth-order valence-corrected chi connectivity index (χ4v) is 3.90. The summed E-state index contributed by atoms with van der Waals surface area (Å²) in [6, 6.07) is 8.44. The topological polar surface area (TPSA) is 253 Å². The maximum atomic E-state index is 12.5. The zero-order chi connectivity index (χ0) is 33.5. The molecule has 17 nitrogen and oxygen atoms in total. The normalized spacial score (nSPS) is 11.6. The van der Waals surface area contributed by atoms with E-state index in [1.165, 1.54) is 4.90 Å². The number of hydrogen-bond acceptors (Lipinski definition) is 11. The third-order valence-electron chi connectivity index (χ3n) is 6.17. The molecule has 3 amide bonds. The highest BCUT2D eigenvalue weighted by molar-refractivity contribution is 5.85. The molecule has 0 spiro atoms. The first-order chi connectivity index (χ1) is 21.5. The molecule has 0 fully saturated rings. The molecule has 17 heteroatoms. The molecule has 0 radical (unpaired) electrons. The third kappa shape index (κ3) is 21.2. The van der Waals surface area contributed by atoms with Crippen LogP contribution in [-0.2, 0) is 40.1 Å². The summed E-state index contributed by atoms with van der Waals surface area (Å²) < 4.78 is 5.43. The molecule has 0 saturated heterocycles. The smallest absolute Gasteiger partial charge is 0.317 e. The Bertz CT molecular complexity index is 1060. The van der Waals surface area contributed by atoms with E-state index in [-0.39, 0.29) is 58.2 Å². The molecule has 252 valence electrons. The van der Waals surface area contributed by atoms with Crippen molar-refractivity contribution in [1.82, 2.24) is 31.3 Å². The number of unbranched alkanes of at least 4 members (excludes halogenated alkanes) is 2. The van der Waals surface area contributed by atoms with E-state index in [1.54, 1.807) is 4.90 Å². The van der Waals surface area contributed by atoms with Crippen LogP contribution in [0.2, 0.25) is 0 Å². The van der Waals surface area contributed by atoms with Gasteiger partial charge >= 0.3 is 17.9 Å². The van der Waals surface area contributed by atoms with E-state index < -0.39 is 48.9 Å². The quantitative estimate of drug-likeness (QED) is 0.0418. The van der Waals surface area contributed by atoms with Gasteiger partial charge < -0.3 is 36.4 Å². The number of amides is 3. The third-order valence-corrected chi connectivity index (χ3v) is 6.17. The number of carboxylic acids is 3. The predicted octanol–water partition coefficient (Wildman–Crippen LogP) is -2.20. The van der Waals surface area contributed by atoms with Crippen LogP contribution >= 0.6 is 0 Å². The van der Waals surface area contributed by atoms with Crippen molar-refractivity contribution in [2.75, 3.05) is 65.5 Å². The minimum atomic E-state index is -1.18. The average Bonchev–Trinajstić information content (AvgIpc) is 2.98. The number of nitrogens with zero attached hydrogens (tertiary/aromatic N) is 2. The van der Waals surface area contributed by atoms with Crippen LogP contribution in [0.3, 0.4) is 0 Å². The highest BCUT2D eigenvalue weighted by Crippen LogP contribution is 2.01. The zero-order valence-electron chi connectivity index (χ0n) is 25.2. The maximum Gasteiger partial charge on any atom is 0.317 e. The number of rotatable bonds is 25. The number of carbonyl (C=O) groups excluding carboxylic acids is 3. The van der Waals surface area contributed by atoms with Gasteiger partial charge in [0.1, 0.15) is 6.04 Å². The lowest BCUT2D eigenvalue weighted by molar-refractivity contribution is -0.142. The summed E-state index contributed by atoms with van der Waals surface area (Å²) in [5.74, 6) is -4.70. The molecule has 0 aromatic heterocycles. The molecule has 45 heavy (non-hydrogen) atoms. The SMILES string of the molecule is N[C@H](COCc1ccccc1)C(=O)NNC(=O)CCCCCNC(=O)CN(CCNCC(=O)O)CCN(CC(=O)O)CC(=O)O. The Hall–Kier alpha value is -4.16. The standard InChI is InChI=1S/C28H45N7O10/c29-22(20-45-19-21-7-3-1-4-8-21)28(44)33-32-23(36)9-5-2-6-10-31-24(37)16-34(12-11-30-15-25(38)39)13-14-35(17-26(40)41)18-27(42)43/h1,3-4,7-8,22,30H,2,5-6,9-20,29H2,(H,31,37)(H,32,36)(H,33,44)(H,38,39)(H,40,41)(H,42,43)/t22-/m1/s1. The van der Waals surface area contributed by atoms with Crippen molar-refractivity contribution in [2.24, 2.45) is 5.73 Å². The lowest BCUT2D eigenvalue weighted by Crippen LogP contribution is -2.50. The fraction of sp³-hybridized carbons (Fsp3) is 0.571. The van der Waals surface area contributed by atoms with Gasteiger partial charge in [-0.2, -0.15) is 0 Å². The number of ether oxygens (including phenoxy) is 1. The molecule has 0 saturated carbocycles. The number of hydrogen-bond donors (Lipinski definition) is 8. The largest absolute Gasteiger partial charge is 0.480 e. The van der Waals surface area contributed by atoms with Crippen molar-refractivity contribution in [2.45, 2.75) is 38.3 Å². The molecule has 0 aliphatic heterocycles. The van der Waals surface area contributed by atoms with Gasteiger partial charge in [0.05, 0.1) is 39.4 Å². The van der Waals surface area contributed by atoms with Gasteiger partial charge in [-0.15, -0.1) is 0 Å². The van der Waals surface area contributed by atoms with Gasteiger partial charge in [0, 0.05) is 39.1 Å². The van der Waals surface area contributed by atoms with Gasteiger partial charge in [-0.05, 0) is 18.4 Å². The Morgan fingerprint density at radius 2 is 1.42 bits per heavy atom. The number of nitrogens with two attached hydrogens (primary N) is 1. The Morgan fingerprint density at radius 1 is 0.756 bits per heavy atom. The van der Waals surface area contributed by atoms with E-state index in [0.29, 0.717) is 32.4 Å². The Balaban J connectivity index is 2.29. The van der Waals surface area contributed by atoms with Crippen molar-refractivity contribution in [3.63, 3.8) is 0 Å². The molecule has 1 atom stereocenters. The van der Waals surface area contributed by atoms with Crippen LogP contribution < -0.4 is 27.2 Å². The highest BCUT2D eigenvalue weighted by atomic mass is 16.5. The maximum absolute atomic E-state index is 12.5. The summed E-state index contributed by atoms with van der Waals surface area (Å²) in [6.45, 7) is 0.0931. The van der Waals surface area contributed by atoms with E-state index in [2.05, 4.69) is 21.5 Å². The van der Waals surface area contributed by atoms with Crippen LogP contribution in [0.1, 0.15) is 31.2 Å². The second-order valence-electron chi connectivity index (χ2n) is 10.2. The summed E-state index contributed by atoms with van der Waals surface area (Å²) in [5.41, 5.74) is 11.3. The minimum absolute atomic E-state index is 0.0183. The lowest BCUT2D eigenvalue weighted by Gasteiger charge is -2.25. The molecule has 0 aliphatic rings. The second kappa shape index (κ2) is 23.3. The van der Waals surface area contributed by atoms with Crippen molar-refractivity contribution in [3.8, 4) is 0 Å². The van der Waals surface area contributed by atoms with Crippen LogP contribution in [0, 0.1) is 0 Å². The molecule has 1 rings (SSSR count). The van der Waals surface area contributed by atoms with Crippen molar-refractivity contribution in [3.05, 3.63) is 35.9 Å². The van der Waals surface area contributed by atoms with Gasteiger partial charge in [0.15, 0.2) is 0 Å². The van der Waals surface area contributed by atoms with Crippen molar-refractivity contribution in [1.29, 1.82) is 0 Å². The zero-order valence-corrected chi connectivity index (χ0v) is 25.2. The molecule has 0 aliphatic carbocycles.